The van der Waals surface area contributed by atoms with Crippen LogP contribution in [0.2, 0.25) is 5.02 Å². The molecule has 1 aliphatic rings. The van der Waals surface area contributed by atoms with E-state index in [4.69, 9.17) is 21.1 Å². The van der Waals surface area contributed by atoms with Crippen molar-refractivity contribution < 1.29 is 14.3 Å². The van der Waals surface area contributed by atoms with E-state index in [0.717, 1.165) is 48.1 Å². The zero-order chi connectivity index (χ0) is 24.4. The summed E-state index contributed by atoms with van der Waals surface area (Å²) >= 11 is 7.71. The second-order valence-corrected chi connectivity index (χ2v) is 9.54. The lowest BCUT2D eigenvalue weighted by Gasteiger charge is -2.10. The second-order valence-electron chi connectivity index (χ2n) is 8.11. The van der Waals surface area contributed by atoms with E-state index < -0.39 is 5.97 Å². The van der Waals surface area contributed by atoms with E-state index in [1.807, 2.05) is 28.8 Å². The lowest BCUT2D eigenvalue weighted by atomic mass is 10.1. The highest BCUT2D eigenvalue weighted by Gasteiger charge is 2.21. The molecule has 0 saturated heterocycles. The Hall–Kier alpha value is -3.67. The average molecular weight is 505 g/mol. The first-order valence-electron chi connectivity index (χ1n) is 11.2. The van der Waals surface area contributed by atoms with Gasteiger partial charge in [-0.1, -0.05) is 42.3 Å². The van der Waals surface area contributed by atoms with Crippen LogP contribution in [0.3, 0.4) is 0 Å². The van der Waals surface area contributed by atoms with Gasteiger partial charge in [0.05, 0.1) is 17.7 Å². The Morgan fingerprint density at radius 1 is 1.17 bits per heavy atom. The van der Waals surface area contributed by atoms with E-state index in [2.05, 4.69) is 16.3 Å². The SMILES string of the molecule is COc1cc(/C=C(/C#N)c2nnc3n2CCCCC3)ccc1OC(=O)c1sc2ccccc2c1Cl. The summed E-state index contributed by atoms with van der Waals surface area (Å²) in [5.74, 6) is 1.55. The zero-order valence-corrected chi connectivity index (χ0v) is 20.5. The number of nitrogens with zero attached hydrogens (tertiary/aromatic N) is 4. The molecule has 0 radical (unpaired) electrons. The average Bonchev–Trinajstić information content (AvgIpc) is 3.34. The number of hydrogen-bond donors (Lipinski definition) is 0. The normalized spacial score (nSPS) is 13.7. The Morgan fingerprint density at radius 2 is 2.03 bits per heavy atom. The predicted molar refractivity (Wildman–Crippen MR) is 136 cm³/mol. The van der Waals surface area contributed by atoms with Crippen LogP contribution in [-0.2, 0) is 13.0 Å². The number of aryl methyl sites for hydroxylation is 1. The van der Waals surface area contributed by atoms with Gasteiger partial charge >= 0.3 is 5.97 Å². The van der Waals surface area contributed by atoms with Crippen LogP contribution >= 0.6 is 22.9 Å². The van der Waals surface area contributed by atoms with Gasteiger partial charge in [0.2, 0.25) is 0 Å². The third-order valence-corrected chi connectivity index (χ3v) is 7.55. The number of carbonyl (C=O) groups excluding carboxylic acids is 1. The Morgan fingerprint density at radius 3 is 2.83 bits per heavy atom. The summed E-state index contributed by atoms with van der Waals surface area (Å²) in [5.41, 5.74) is 1.12. The number of esters is 1. The summed E-state index contributed by atoms with van der Waals surface area (Å²) < 4.78 is 14.0. The first-order valence-corrected chi connectivity index (χ1v) is 12.4. The van der Waals surface area contributed by atoms with Crippen molar-refractivity contribution in [1.29, 1.82) is 5.26 Å². The molecule has 35 heavy (non-hydrogen) atoms. The molecule has 0 N–H and O–H groups in total. The third-order valence-electron chi connectivity index (χ3n) is 5.89. The number of thiophene rings is 1. The molecule has 0 atom stereocenters. The van der Waals surface area contributed by atoms with Gasteiger partial charge < -0.3 is 14.0 Å². The standard InChI is InChI=1S/C26H21ClN4O3S/c1-33-20-14-16(13-17(15-28)25-30-29-22-9-3-2-6-12-31(22)25)10-11-19(20)34-26(32)24-23(27)18-7-4-5-8-21(18)35-24/h4-5,7-8,10-11,13-14H,2-3,6,9,12H2,1H3/b17-13-. The maximum atomic E-state index is 12.9. The van der Waals surface area contributed by atoms with E-state index in [1.54, 1.807) is 24.3 Å². The first-order chi connectivity index (χ1) is 17.1. The number of halogens is 1. The minimum absolute atomic E-state index is 0.262. The molecular formula is C26H21ClN4O3S. The molecule has 0 saturated carbocycles. The van der Waals surface area contributed by atoms with E-state index >= 15 is 0 Å². The number of rotatable bonds is 5. The Labute approximate surface area is 211 Å². The van der Waals surface area contributed by atoms with Crippen molar-refractivity contribution in [3.8, 4) is 17.6 Å². The number of aromatic nitrogens is 3. The molecule has 0 amide bonds. The van der Waals surface area contributed by atoms with Crippen molar-refractivity contribution in [1.82, 2.24) is 14.8 Å². The van der Waals surface area contributed by atoms with Crippen LogP contribution in [0.25, 0.3) is 21.7 Å². The molecule has 5 rings (SSSR count). The fourth-order valence-electron chi connectivity index (χ4n) is 4.15. The fraction of sp³-hybridized carbons (Fsp3) is 0.231. The molecule has 1 aliphatic heterocycles. The minimum atomic E-state index is -0.554. The van der Waals surface area contributed by atoms with Gasteiger partial charge in [-0.05, 0) is 42.7 Å². The third kappa shape index (κ3) is 4.53. The Bertz CT molecular complexity index is 1500. The fourth-order valence-corrected chi connectivity index (χ4v) is 5.53. The van der Waals surface area contributed by atoms with Gasteiger partial charge in [-0.2, -0.15) is 5.26 Å². The van der Waals surface area contributed by atoms with Crippen molar-refractivity contribution in [2.45, 2.75) is 32.2 Å². The van der Waals surface area contributed by atoms with E-state index in [9.17, 15) is 10.1 Å². The highest BCUT2D eigenvalue weighted by molar-refractivity contribution is 7.21. The number of benzene rings is 2. The molecule has 0 aliphatic carbocycles. The van der Waals surface area contributed by atoms with Crippen LogP contribution < -0.4 is 9.47 Å². The second kappa shape index (κ2) is 9.90. The van der Waals surface area contributed by atoms with Gasteiger partial charge in [-0.3, -0.25) is 0 Å². The Balaban J connectivity index is 1.42. The van der Waals surface area contributed by atoms with Crippen LogP contribution in [0, 0.1) is 11.3 Å². The van der Waals surface area contributed by atoms with Crippen molar-refractivity contribution in [3.63, 3.8) is 0 Å². The molecule has 0 unspecified atom stereocenters. The maximum absolute atomic E-state index is 12.9. The van der Waals surface area contributed by atoms with Gasteiger partial charge in [-0.25, -0.2) is 4.79 Å². The van der Waals surface area contributed by atoms with Crippen LogP contribution in [-0.4, -0.2) is 27.8 Å². The number of methoxy groups -OCH3 is 1. The summed E-state index contributed by atoms with van der Waals surface area (Å²) in [6.07, 6.45) is 5.85. The molecule has 2 aromatic heterocycles. The van der Waals surface area contributed by atoms with Gasteiger partial charge in [0.1, 0.15) is 16.8 Å². The van der Waals surface area contributed by atoms with Gasteiger partial charge in [0.25, 0.3) is 0 Å². The molecule has 7 nitrogen and oxygen atoms in total. The maximum Gasteiger partial charge on any atom is 0.355 e. The van der Waals surface area contributed by atoms with E-state index in [1.165, 1.54) is 18.4 Å². The highest BCUT2D eigenvalue weighted by atomic mass is 35.5. The molecule has 0 fully saturated rings. The van der Waals surface area contributed by atoms with Gasteiger partial charge in [-0.15, -0.1) is 21.5 Å². The minimum Gasteiger partial charge on any atom is -0.493 e. The predicted octanol–water partition coefficient (Wildman–Crippen LogP) is 6.16. The summed E-state index contributed by atoms with van der Waals surface area (Å²) in [4.78, 5) is 13.2. The summed E-state index contributed by atoms with van der Waals surface area (Å²) in [5, 5.41) is 19.6. The van der Waals surface area contributed by atoms with Crippen LogP contribution in [0.5, 0.6) is 11.5 Å². The number of hydrogen-bond acceptors (Lipinski definition) is 7. The summed E-state index contributed by atoms with van der Waals surface area (Å²) in [7, 11) is 1.50. The topological polar surface area (TPSA) is 90.0 Å². The number of ether oxygens (including phenoxy) is 2. The van der Waals surface area contributed by atoms with Crippen molar-refractivity contribution in [2.75, 3.05) is 7.11 Å². The monoisotopic (exact) mass is 504 g/mol. The van der Waals surface area contributed by atoms with Crippen LogP contribution in [0.1, 0.15) is 46.1 Å². The van der Waals surface area contributed by atoms with E-state index in [-0.39, 0.29) is 5.75 Å². The zero-order valence-electron chi connectivity index (χ0n) is 19.0. The number of carbonyl (C=O) groups is 1. The molecule has 9 heteroatoms. The molecule has 176 valence electrons. The summed E-state index contributed by atoms with van der Waals surface area (Å²) in [6.45, 7) is 0.801. The van der Waals surface area contributed by atoms with Crippen LogP contribution in [0.4, 0.5) is 0 Å². The van der Waals surface area contributed by atoms with Crippen molar-refractivity contribution in [2.24, 2.45) is 0 Å². The smallest absolute Gasteiger partial charge is 0.355 e. The molecular weight excluding hydrogens is 484 g/mol. The lowest BCUT2D eigenvalue weighted by molar-refractivity contribution is 0.0735. The quantitative estimate of drug-likeness (QED) is 0.183. The van der Waals surface area contributed by atoms with Gasteiger partial charge in [0, 0.05) is 23.1 Å². The molecule has 3 heterocycles. The Kier molecular flexibility index (Phi) is 6.53. The number of allylic oxidation sites excluding steroid dienone is 1. The van der Waals surface area contributed by atoms with E-state index in [0.29, 0.717) is 32.6 Å². The number of fused-ring (bicyclic) bond motifs is 2. The largest absolute Gasteiger partial charge is 0.493 e. The molecule has 0 spiro atoms. The van der Waals surface area contributed by atoms with Crippen molar-refractivity contribution in [3.05, 3.63) is 69.6 Å². The molecule has 0 bridgehead atoms. The van der Waals surface area contributed by atoms with Crippen molar-refractivity contribution >= 4 is 50.6 Å². The molecule has 4 aromatic rings. The van der Waals surface area contributed by atoms with Crippen LogP contribution in [0.15, 0.2) is 42.5 Å². The van der Waals surface area contributed by atoms with Gasteiger partial charge in [0.15, 0.2) is 17.3 Å². The first kappa shape index (κ1) is 23.1. The highest BCUT2D eigenvalue weighted by Crippen LogP contribution is 2.37. The number of nitriles is 1. The summed E-state index contributed by atoms with van der Waals surface area (Å²) in [6, 6.07) is 14.9. The molecule has 2 aromatic carbocycles. The lowest BCUT2D eigenvalue weighted by Crippen LogP contribution is -2.08.